The highest BCUT2D eigenvalue weighted by molar-refractivity contribution is 7.89. The average molecular weight is 416 g/mol. The number of hydrogen-bond donors (Lipinski definition) is 1. The number of anilines is 1. The minimum absolute atomic E-state index is 0.195. The first kappa shape index (κ1) is 20.9. The molecule has 1 aromatic heterocycles. The Morgan fingerprint density at radius 1 is 1.10 bits per heavy atom. The highest BCUT2D eigenvalue weighted by Gasteiger charge is 2.24. The van der Waals surface area contributed by atoms with Crippen molar-refractivity contribution in [2.75, 3.05) is 18.4 Å². The molecule has 0 aliphatic carbocycles. The van der Waals surface area contributed by atoms with Crippen molar-refractivity contribution in [1.82, 2.24) is 19.3 Å². The Bertz CT molecular complexity index is 1150. The summed E-state index contributed by atoms with van der Waals surface area (Å²) in [6, 6.07) is 10.1. The molecule has 0 saturated carbocycles. The van der Waals surface area contributed by atoms with Crippen LogP contribution in [0.1, 0.15) is 36.7 Å². The van der Waals surface area contributed by atoms with Crippen LogP contribution in [0, 0.1) is 6.92 Å². The first-order valence-corrected chi connectivity index (χ1v) is 11.0. The summed E-state index contributed by atoms with van der Waals surface area (Å²) < 4.78 is 28.9. The van der Waals surface area contributed by atoms with Gasteiger partial charge in [-0.1, -0.05) is 25.1 Å². The zero-order valence-corrected chi connectivity index (χ0v) is 17.8. The number of amides is 1. The Morgan fingerprint density at radius 3 is 2.48 bits per heavy atom. The highest BCUT2D eigenvalue weighted by Crippen LogP contribution is 2.24. The Morgan fingerprint density at radius 2 is 1.83 bits per heavy atom. The number of hydrogen-bond acceptors (Lipinski definition) is 5. The second kappa shape index (κ2) is 8.30. The molecule has 9 heteroatoms. The van der Waals surface area contributed by atoms with Crippen LogP contribution in [-0.4, -0.2) is 46.7 Å². The third kappa shape index (κ3) is 4.01. The van der Waals surface area contributed by atoms with E-state index in [2.05, 4.69) is 15.6 Å². The van der Waals surface area contributed by atoms with E-state index in [-0.39, 0.29) is 10.8 Å². The van der Waals surface area contributed by atoms with Crippen molar-refractivity contribution in [2.45, 2.75) is 39.1 Å². The van der Waals surface area contributed by atoms with Gasteiger partial charge in [-0.15, -0.1) is 5.10 Å². The summed E-state index contributed by atoms with van der Waals surface area (Å²) in [7, 11) is -3.62. The zero-order valence-electron chi connectivity index (χ0n) is 17.0. The molecule has 3 aromatic rings. The largest absolute Gasteiger partial charge is 0.322 e. The van der Waals surface area contributed by atoms with Gasteiger partial charge in [0.15, 0.2) is 0 Å². The number of nitrogens with one attached hydrogen (secondary N) is 1. The number of fused-ring (bicyclic) bond motifs is 1. The maximum absolute atomic E-state index is 12.9. The highest BCUT2D eigenvalue weighted by atomic mass is 32.2. The number of sulfonamides is 1. The van der Waals surface area contributed by atoms with E-state index in [1.54, 1.807) is 55.8 Å². The fourth-order valence-corrected chi connectivity index (χ4v) is 4.92. The van der Waals surface area contributed by atoms with Gasteiger partial charge >= 0.3 is 0 Å². The van der Waals surface area contributed by atoms with E-state index in [1.807, 2.05) is 6.92 Å². The maximum atomic E-state index is 12.9. The molecule has 2 aromatic carbocycles. The maximum Gasteiger partial charge on any atom is 0.255 e. The van der Waals surface area contributed by atoms with E-state index in [0.717, 1.165) is 5.52 Å². The van der Waals surface area contributed by atoms with Crippen LogP contribution in [0.3, 0.4) is 0 Å². The number of nitrogens with zero attached hydrogens (tertiary/aromatic N) is 4. The lowest BCUT2D eigenvalue weighted by Crippen LogP contribution is -2.31. The molecule has 0 atom stereocenters. The van der Waals surface area contributed by atoms with E-state index < -0.39 is 10.0 Å². The van der Waals surface area contributed by atoms with Gasteiger partial charge in [0.2, 0.25) is 10.0 Å². The van der Waals surface area contributed by atoms with Gasteiger partial charge in [-0.25, -0.2) is 13.1 Å². The minimum atomic E-state index is -3.62. The Labute approximate surface area is 170 Å². The lowest BCUT2D eigenvalue weighted by atomic mass is 10.1. The van der Waals surface area contributed by atoms with E-state index in [0.29, 0.717) is 42.0 Å². The number of carbonyl (C=O) groups excluding carboxylic acids is 1. The van der Waals surface area contributed by atoms with Crippen molar-refractivity contribution < 1.29 is 13.2 Å². The number of rotatable bonds is 7. The Kier molecular flexibility index (Phi) is 5.99. The summed E-state index contributed by atoms with van der Waals surface area (Å²) in [5.74, 6) is -0.340. The van der Waals surface area contributed by atoms with Gasteiger partial charge in [-0.3, -0.25) is 4.79 Å². The van der Waals surface area contributed by atoms with E-state index >= 15 is 0 Å². The van der Waals surface area contributed by atoms with Crippen molar-refractivity contribution in [1.29, 1.82) is 0 Å². The zero-order chi connectivity index (χ0) is 21.2. The van der Waals surface area contributed by atoms with E-state index in [9.17, 15) is 13.2 Å². The molecule has 0 saturated heterocycles. The van der Waals surface area contributed by atoms with Crippen molar-refractivity contribution >= 4 is 32.7 Å². The van der Waals surface area contributed by atoms with Crippen molar-refractivity contribution in [3.05, 3.63) is 47.5 Å². The molecule has 0 aliphatic rings. The number of aromatic nitrogens is 3. The van der Waals surface area contributed by atoms with Crippen LogP contribution in [0.2, 0.25) is 0 Å². The van der Waals surface area contributed by atoms with Crippen LogP contribution >= 0.6 is 0 Å². The Balaban J connectivity index is 1.90. The molecule has 0 bridgehead atoms. The van der Waals surface area contributed by atoms with Crippen molar-refractivity contribution in [2.24, 2.45) is 0 Å². The van der Waals surface area contributed by atoms with Gasteiger partial charge in [0.1, 0.15) is 5.52 Å². The number of aryl methyl sites for hydroxylation is 2. The smallest absolute Gasteiger partial charge is 0.255 e. The predicted octanol–water partition coefficient (Wildman–Crippen LogP) is 3.04. The van der Waals surface area contributed by atoms with Crippen LogP contribution in [0.5, 0.6) is 0 Å². The van der Waals surface area contributed by atoms with Gasteiger partial charge in [0.05, 0.1) is 10.4 Å². The topological polar surface area (TPSA) is 97.2 Å². The standard InChI is InChI=1S/C20H25N5O3S/c1-5-24(6-2)29(27,28)19-13-16(10-8-14(19)4)21-20(26)15-9-11-18-17(12-15)22-23-25(18)7-3/h8-13H,5-7H2,1-4H3,(H,21,26). The van der Waals surface area contributed by atoms with Gasteiger partial charge < -0.3 is 5.32 Å². The molecular formula is C20H25N5O3S. The van der Waals surface area contributed by atoms with Crippen LogP contribution < -0.4 is 5.32 Å². The number of carbonyl (C=O) groups is 1. The molecule has 1 amide bonds. The lowest BCUT2D eigenvalue weighted by molar-refractivity contribution is 0.102. The molecule has 1 heterocycles. The molecule has 154 valence electrons. The second-order valence-electron chi connectivity index (χ2n) is 6.63. The fraction of sp³-hybridized carbons (Fsp3) is 0.350. The van der Waals surface area contributed by atoms with Crippen molar-refractivity contribution in [3.63, 3.8) is 0 Å². The summed E-state index contributed by atoms with van der Waals surface area (Å²) in [6.45, 7) is 8.76. The second-order valence-corrected chi connectivity index (χ2v) is 8.54. The monoisotopic (exact) mass is 415 g/mol. The summed E-state index contributed by atoms with van der Waals surface area (Å²) >= 11 is 0. The molecule has 0 aliphatic heterocycles. The summed E-state index contributed by atoms with van der Waals surface area (Å²) in [5, 5.41) is 10.9. The molecule has 0 unspecified atom stereocenters. The SMILES string of the molecule is CCN(CC)S(=O)(=O)c1cc(NC(=O)c2ccc3c(c2)nnn3CC)ccc1C. The summed E-state index contributed by atoms with van der Waals surface area (Å²) in [5.41, 5.74) is 2.96. The van der Waals surface area contributed by atoms with E-state index in [1.165, 1.54) is 10.4 Å². The third-order valence-electron chi connectivity index (χ3n) is 4.84. The average Bonchev–Trinajstić information content (AvgIpc) is 3.12. The van der Waals surface area contributed by atoms with Gasteiger partial charge in [-0.2, -0.15) is 4.31 Å². The third-order valence-corrected chi connectivity index (χ3v) is 7.04. The Hall–Kier alpha value is -2.78. The normalized spacial score (nSPS) is 11.9. The quantitative estimate of drug-likeness (QED) is 0.640. The molecule has 0 radical (unpaired) electrons. The lowest BCUT2D eigenvalue weighted by Gasteiger charge is -2.20. The first-order valence-electron chi connectivity index (χ1n) is 9.57. The van der Waals surface area contributed by atoms with Crippen LogP contribution in [0.25, 0.3) is 11.0 Å². The van der Waals surface area contributed by atoms with Crippen molar-refractivity contribution in [3.8, 4) is 0 Å². The van der Waals surface area contributed by atoms with Gasteiger partial charge in [0, 0.05) is 30.9 Å². The first-order chi connectivity index (χ1) is 13.8. The molecule has 3 rings (SSSR count). The van der Waals surface area contributed by atoms with Crippen LogP contribution in [-0.2, 0) is 16.6 Å². The molecule has 0 fully saturated rings. The molecular weight excluding hydrogens is 390 g/mol. The molecule has 29 heavy (non-hydrogen) atoms. The fourth-order valence-electron chi connectivity index (χ4n) is 3.21. The van der Waals surface area contributed by atoms with Gasteiger partial charge in [0.25, 0.3) is 5.91 Å². The molecule has 1 N–H and O–H groups in total. The number of benzene rings is 2. The van der Waals surface area contributed by atoms with Gasteiger partial charge in [-0.05, 0) is 49.7 Å². The van der Waals surface area contributed by atoms with E-state index in [4.69, 9.17) is 0 Å². The summed E-state index contributed by atoms with van der Waals surface area (Å²) in [4.78, 5) is 12.9. The minimum Gasteiger partial charge on any atom is -0.322 e. The predicted molar refractivity (Wildman–Crippen MR) is 112 cm³/mol. The molecule has 0 spiro atoms. The van der Waals surface area contributed by atoms with Crippen LogP contribution in [0.4, 0.5) is 5.69 Å². The van der Waals surface area contributed by atoms with Crippen LogP contribution in [0.15, 0.2) is 41.3 Å². The molecule has 8 nitrogen and oxygen atoms in total. The summed E-state index contributed by atoms with van der Waals surface area (Å²) in [6.07, 6.45) is 0.